The van der Waals surface area contributed by atoms with Gasteiger partial charge in [0.25, 0.3) is 0 Å². The molecule has 0 aromatic carbocycles. The van der Waals surface area contributed by atoms with Crippen LogP contribution < -0.4 is 0 Å². The van der Waals surface area contributed by atoms with Gasteiger partial charge in [-0.25, -0.2) is 4.79 Å². The Bertz CT molecular complexity index is 256. The molecule has 6 heteroatoms. The Morgan fingerprint density at radius 2 is 2.19 bits per heavy atom. The van der Waals surface area contributed by atoms with E-state index in [0.29, 0.717) is 13.1 Å². The van der Waals surface area contributed by atoms with Gasteiger partial charge in [-0.3, -0.25) is 4.90 Å². The third kappa shape index (κ3) is 3.41. The van der Waals surface area contributed by atoms with Gasteiger partial charge in [-0.05, 0) is 13.8 Å². The summed E-state index contributed by atoms with van der Waals surface area (Å²) in [7, 11) is 0. The van der Waals surface area contributed by atoms with Crippen LogP contribution in [-0.4, -0.2) is 70.2 Å². The van der Waals surface area contributed by atoms with E-state index in [9.17, 15) is 9.90 Å². The van der Waals surface area contributed by atoms with E-state index in [1.807, 2.05) is 6.92 Å². The Morgan fingerprint density at radius 3 is 2.69 bits per heavy atom. The quantitative estimate of drug-likeness (QED) is 0.571. The Kier molecular flexibility index (Phi) is 4.26. The van der Waals surface area contributed by atoms with Crippen LogP contribution in [0.25, 0.3) is 0 Å². The molecule has 0 spiro atoms. The second-order valence-corrected chi connectivity index (χ2v) is 4.52. The largest absolute Gasteiger partial charge is 0.479 e. The number of carboxylic acid groups (broad SMARTS) is 1. The Balaban J connectivity index is 2.57. The number of hydrogen-bond donors (Lipinski definition) is 3. The molecule has 0 saturated carbocycles. The zero-order valence-corrected chi connectivity index (χ0v) is 9.59. The minimum atomic E-state index is -1.77. The van der Waals surface area contributed by atoms with Crippen molar-refractivity contribution in [2.45, 2.75) is 31.7 Å². The minimum absolute atomic E-state index is 0.0343. The molecule has 94 valence electrons. The molecule has 1 heterocycles. The van der Waals surface area contributed by atoms with Crippen molar-refractivity contribution in [3.05, 3.63) is 0 Å². The summed E-state index contributed by atoms with van der Waals surface area (Å²) in [6.07, 6.45) is -0.385. The summed E-state index contributed by atoms with van der Waals surface area (Å²) in [6, 6.07) is 0. The Morgan fingerprint density at radius 1 is 1.56 bits per heavy atom. The monoisotopic (exact) mass is 233 g/mol. The predicted molar refractivity (Wildman–Crippen MR) is 56.1 cm³/mol. The molecular weight excluding hydrogens is 214 g/mol. The highest BCUT2D eigenvalue weighted by Crippen LogP contribution is 2.14. The molecule has 1 aliphatic rings. The average Bonchev–Trinajstić information content (AvgIpc) is 2.15. The number of ether oxygens (including phenoxy) is 1. The third-order valence-electron chi connectivity index (χ3n) is 2.60. The lowest BCUT2D eigenvalue weighted by Gasteiger charge is -2.38. The molecule has 0 amide bonds. The van der Waals surface area contributed by atoms with Crippen molar-refractivity contribution in [2.24, 2.45) is 0 Å². The van der Waals surface area contributed by atoms with Crippen LogP contribution >= 0.6 is 0 Å². The number of hydrogen-bond acceptors (Lipinski definition) is 5. The lowest BCUT2D eigenvalue weighted by atomic mass is 10.1. The van der Waals surface area contributed by atoms with Crippen molar-refractivity contribution in [1.82, 2.24) is 4.90 Å². The molecule has 6 nitrogen and oxygen atoms in total. The summed E-state index contributed by atoms with van der Waals surface area (Å²) in [5, 5.41) is 27.5. The van der Waals surface area contributed by atoms with E-state index >= 15 is 0 Å². The van der Waals surface area contributed by atoms with Crippen LogP contribution in [0.4, 0.5) is 0 Å². The van der Waals surface area contributed by atoms with Gasteiger partial charge in [-0.1, -0.05) is 0 Å². The standard InChI is InChI=1S/C10H19NO5/c1-7-3-11(4-8(5-12)16-7)6-10(2,15)9(13)14/h7-8,12,15H,3-6H2,1-2H3,(H,13,14). The van der Waals surface area contributed by atoms with Crippen LogP contribution in [0.3, 0.4) is 0 Å². The highest BCUT2D eigenvalue weighted by atomic mass is 16.5. The first-order valence-corrected chi connectivity index (χ1v) is 5.29. The molecule has 3 N–H and O–H groups in total. The van der Waals surface area contributed by atoms with Crippen LogP contribution in [0, 0.1) is 0 Å². The van der Waals surface area contributed by atoms with E-state index in [1.54, 1.807) is 4.90 Å². The maximum atomic E-state index is 10.8. The van der Waals surface area contributed by atoms with Crippen molar-refractivity contribution >= 4 is 5.97 Å². The molecular formula is C10H19NO5. The summed E-state index contributed by atoms with van der Waals surface area (Å²) in [5.41, 5.74) is -1.77. The van der Waals surface area contributed by atoms with Crippen LogP contribution in [0.2, 0.25) is 0 Å². The molecule has 0 bridgehead atoms. The van der Waals surface area contributed by atoms with Gasteiger partial charge in [0.2, 0.25) is 0 Å². The molecule has 1 rings (SSSR count). The lowest BCUT2D eigenvalue weighted by Crippen LogP contribution is -2.54. The van der Waals surface area contributed by atoms with Gasteiger partial charge in [0.1, 0.15) is 0 Å². The first kappa shape index (κ1) is 13.4. The van der Waals surface area contributed by atoms with Gasteiger partial charge in [-0.15, -0.1) is 0 Å². The lowest BCUT2D eigenvalue weighted by molar-refractivity contribution is -0.162. The topological polar surface area (TPSA) is 90.2 Å². The van der Waals surface area contributed by atoms with Crippen molar-refractivity contribution < 1.29 is 24.9 Å². The smallest absolute Gasteiger partial charge is 0.336 e. The van der Waals surface area contributed by atoms with E-state index in [4.69, 9.17) is 14.9 Å². The number of β-amino-alcohol motifs (C(OH)–C–C–N with tert-alkyl or cyclic N) is 1. The SMILES string of the molecule is CC1CN(CC(C)(O)C(=O)O)CC(CO)O1. The summed E-state index contributed by atoms with van der Waals surface area (Å²) < 4.78 is 5.42. The van der Waals surface area contributed by atoms with E-state index in [-0.39, 0.29) is 25.4 Å². The highest BCUT2D eigenvalue weighted by Gasteiger charge is 2.35. The normalized spacial score (nSPS) is 31.0. The van der Waals surface area contributed by atoms with Gasteiger partial charge in [0, 0.05) is 19.6 Å². The molecule has 0 aliphatic carbocycles. The van der Waals surface area contributed by atoms with Crippen LogP contribution in [0.15, 0.2) is 0 Å². The fraction of sp³-hybridized carbons (Fsp3) is 0.900. The van der Waals surface area contributed by atoms with E-state index in [1.165, 1.54) is 6.92 Å². The molecule has 0 aromatic heterocycles. The molecule has 0 aromatic rings. The van der Waals surface area contributed by atoms with E-state index in [2.05, 4.69) is 0 Å². The van der Waals surface area contributed by atoms with Crippen molar-refractivity contribution in [2.75, 3.05) is 26.2 Å². The van der Waals surface area contributed by atoms with E-state index < -0.39 is 11.6 Å². The molecule has 1 saturated heterocycles. The maximum absolute atomic E-state index is 10.8. The zero-order valence-electron chi connectivity index (χ0n) is 9.59. The molecule has 3 atom stereocenters. The fourth-order valence-corrected chi connectivity index (χ4v) is 1.87. The van der Waals surface area contributed by atoms with Gasteiger partial charge < -0.3 is 20.1 Å². The zero-order chi connectivity index (χ0) is 12.3. The molecule has 1 aliphatic heterocycles. The number of aliphatic carboxylic acids is 1. The highest BCUT2D eigenvalue weighted by molar-refractivity contribution is 5.76. The number of aliphatic hydroxyl groups excluding tert-OH is 1. The molecule has 16 heavy (non-hydrogen) atoms. The van der Waals surface area contributed by atoms with Gasteiger partial charge in [0.15, 0.2) is 5.60 Å². The van der Waals surface area contributed by atoms with E-state index in [0.717, 1.165) is 0 Å². The van der Waals surface area contributed by atoms with Crippen LogP contribution in [-0.2, 0) is 9.53 Å². The minimum Gasteiger partial charge on any atom is -0.479 e. The first-order valence-electron chi connectivity index (χ1n) is 5.29. The summed E-state index contributed by atoms with van der Waals surface area (Å²) in [5.74, 6) is -1.24. The number of aliphatic hydroxyl groups is 2. The van der Waals surface area contributed by atoms with Crippen molar-refractivity contribution in [3.8, 4) is 0 Å². The fourth-order valence-electron chi connectivity index (χ4n) is 1.87. The molecule has 1 fully saturated rings. The summed E-state index contributed by atoms with van der Waals surface area (Å²) >= 11 is 0. The van der Waals surface area contributed by atoms with Crippen molar-refractivity contribution in [3.63, 3.8) is 0 Å². The predicted octanol–water partition coefficient (Wildman–Crippen LogP) is -1.10. The second kappa shape index (κ2) is 5.09. The number of morpholine rings is 1. The maximum Gasteiger partial charge on any atom is 0.336 e. The average molecular weight is 233 g/mol. The molecule has 3 unspecified atom stereocenters. The summed E-state index contributed by atoms with van der Waals surface area (Å²) in [6.45, 7) is 4.04. The number of nitrogens with zero attached hydrogens (tertiary/aromatic N) is 1. The Labute approximate surface area is 94.4 Å². The second-order valence-electron chi connectivity index (χ2n) is 4.52. The van der Waals surface area contributed by atoms with Crippen LogP contribution in [0.5, 0.6) is 0 Å². The number of carboxylic acids is 1. The van der Waals surface area contributed by atoms with Crippen molar-refractivity contribution in [1.29, 1.82) is 0 Å². The van der Waals surface area contributed by atoms with Gasteiger partial charge >= 0.3 is 5.97 Å². The number of rotatable bonds is 4. The van der Waals surface area contributed by atoms with Crippen LogP contribution in [0.1, 0.15) is 13.8 Å². The first-order chi connectivity index (χ1) is 7.35. The van der Waals surface area contributed by atoms with Gasteiger partial charge in [-0.2, -0.15) is 0 Å². The third-order valence-corrected chi connectivity index (χ3v) is 2.60. The van der Waals surface area contributed by atoms with Gasteiger partial charge in [0.05, 0.1) is 18.8 Å². The molecule has 0 radical (unpaired) electrons. The summed E-state index contributed by atoms with van der Waals surface area (Å²) in [4.78, 5) is 12.6. The number of carbonyl (C=O) groups is 1. The Hall–Kier alpha value is -0.690.